The molecule has 0 aromatic heterocycles. The van der Waals surface area contributed by atoms with Crippen LogP contribution >= 0.6 is 0 Å². The highest BCUT2D eigenvalue weighted by molar-refractivity contribution is 6.12. The molecule has 2 heteroatoms. The average molecular weight is 703 g/mol. The normalized spacial score (nSPS) is 11.8. The van der Waals surface area contributed by atoms with Crippen molar-refractivity contribution in [2.75, 3.05) is 6.79 Å². The van der Waals surface area contributed by atoms with E-state index in [2.05, 4.69) is 157 Å². The number of benzene rings is 8. The predicted molar refractivity (Wildman–Crippen MR) is 229 cm³/mol. The van der Waals surface area contributed by atoms with Gasteiger partial charge in [-0.3, -0.25) is 0 Å². The third kappa shape index (κ3) is 7.27. The highest BCUT2D eigenvalue weighted by atomic mass is 16.7. The molecule has 55 heavy (non-hydrogen) atoms. The molecule has 0 saturated carbocycles. The van der Waals surface area contributed by atoms with Crippen LogP contribution in [-0.4, -0.2) is 6.79 Å². The third-order valence-corrected chi connectivity index (χ3v) is 9.70. The molecule has 9 rings (SSSR count). The fourth-order valence-corrected chi connectivity index (χ4v) is 6.96. The van der Waals surface area contributed by atoms with Crippen LogP contribution in [0.5, 0.6) is 11.5 Å². The van der Waals surface area contributed by atoms with E-state index in [1.807, 2.05) is 60.7 Å². The van der Waals surface area contributed by atoms with E-state index in [1.165, 1.54) is 0 Å². The Hall–Kier alpha value is -7.52. The molecule has 0 N–H and O–H groups in total. The molecule has 0 spiro atoms. The van der Waals surface area contributed by atoms with Crippen LogP contribution in [0.3, 0.4) is 0 Å². The van der Waals surface area contributed by atoms with E-state index >= 15 is 0 Å². The van der Waals surface area contributed by atoms with E-state index in [0.29, 0.717) is 0 Å². The molecule has 0 radical (unpaired) electrons. The second-order valence-corrected chi connectivity index (χ2v) is 13.3. The Morgan fingerprint density at radius 2 is 0.727 bits per heavy atom. The van der Waals surface area contributed by atoms with Crippen molar-refractivity contribution >= 4 is 45.8 Å². The van der Waals surface area contributed by atoms with Crippen molar-refractivity contribution in [1.29, 1.82) is 0 Å². The van der Waals surface area contributed by atoms with E-state index < -0.39 is 0 Å². The summed E-state index contributed by atoms with van der Waals surface area (Å²) < 4.78 is 13.1. The molecule has 0 aliphatic carbocycles. The first-order valence-electron chi connectivity index (χ1n) is 18.3. The van der Waals surface area contributed by atoms with Crippen LogP contribution in [0, 0.1) is 23.7 Å². The lowest BCUT2D eigenvalue weighted by Crippen LogP contribution is -2.05. The zero-order chi connectivity index (χ0) is 36.8. The van der Waals surface area contributed by atoms with Gasteiger partial charge in [0.25, 0.3) is 0 Å². The van der Waals surface area contributed by atoms with Crippen molar-refractivity contribution in [1.82, 2.24) is 0 Å². The molecular weight excluding hydrogens is 669 g/mol. The standard InChI is InChI=1S/C53H34O2/c1-3-11-38(12-4-1)19-21-40-23-27-42(28-24-40)31-33-46-35-44-15-7-9-17-48(44)50-51-49-18-10-8-16-45(49)36-47(53(51)55-37-54-52(46)50)34-32-43-29-25-41(26-30-43)22-20-39-13-5-2-6-14-39/h1-18,23-36H,37H2/b33-31+,34-32+. The van der Waals surface area contributed by atoms with E-state index in [9.17, 15) is 0 Å². The lowest BCUT2D eigenvalue weighted by atomic mass is 9.88. The lowest BCUT2D eigenvalue weighted by Gasteiger charge is -2.17. The number of rotatable bonds is 4. The number of fused-ring (bicyclic) bond motifs is 7. The molecule has 8 aromatic rings. The Morgan fingerprint density at radius 1 is 0.364 bits per heavy atom. The van der Waals surface area contributed by atoms with Gasteiger partial charge in [-0.1, -0.05) is 157 Å². The molecule has 0 bridgehead atoms. The van der Waals surface area contributed by atoms with Gasteiger partial charge in [0, 0.05) is 44.5 Å². The second-order valence-electron chi connectivity index (χ2n) is 13.3. The summed E-state index contributed by atoms with van der Waals surface area (Å²) >= 11 is 0. The van der Waals surface area contributed by atoms with Crippen LogP contribution in [0.1, 0.15) is 44.5 Å². The Balaban J connectivity index is 1.09. The summed E-state index contributed by atoms with van der Waals surface area (Å²) in [4.78, 5) is 0. The predicted octanol–water partition coefficient (Wildman–Crippen LogP) is 12.5. The smallest absolute Gasteiger partial charge is 0.231 e. The van der Waals surface area contributed by atoms with E-state index in [1.54, 1.807) is 0 Å². The first-order chi connectivity index (χ1) is 27.2. The molecule has 258 valence electrons. The fraction of sp³-hybridized carbons (Fsp3) is 0.0189. The Labute approximate surface area is 321 Å². The van der Waals surface area contributed by atoms with Gasteiger partial charge in [0.15, 0.2) is 0 Å². The van der Waals surface area contributed by atoms with Gasteiger partial charge in [0.2, 0.25) is 6.79 Å². The molecule has 0 atom stereocenters. The molecule has 8 aromatic carbocycles. The van der Waals surface area contributed by atoms with Crippen molar-refractivity contribution < 1.29 is 9.47 Å². The maximum absolute atomic E-state index is 6.56. The van der Waals surface area contributed by atoms with Crippen LogP contribution < -0.4 is 9.47 Å². The monoisotopic (exact) mass is 702 g/mol. The van der Waals surface area contributed by atoms with Crippen molar-refractivity contribution in [3.05, 3.63) is 214 Å². The summed E-state index contributed by atoms with van der Waals surface area (Å²) in [5.74, 6) is 14.6. The molecule has 0 amide bonds. The first kappa shape index (κ1) is 33.3. The van der Waals surface area contributed by atoms with E-state index in [4.69, 9.17) is 9.47 Å². The van der Waals surface area contributed by atoms with Crippen molar-refractivity contribution in [3.63, 3.8) is 0 Å². The molecule has 0 unspecified atom stereocenters. The fourth-order valence-electron chi connectivity index (χ4n) is 6.96. The third-order valence-electron chi connectivity index (χ3n) is 9.70. The van der Waals surface area contributed by atoms with Gasteiger partial charge < -0.3 is 9.47 Å². The van der Waals surface area contributed by atoms with Gasteiger partial charge in [-0.25, -0.2) is 0 Å². The van der Waals surface area contributed by atoms with Crippen molar-refractivity contribution in [2.24, 2.45) is 0 Å². The van der Waals surface area contributed by atoms with Crippen LogP contribution in [0.4, 0.5) is 0 Å². The Morgan fingerprint density at radius 3 is 1.15 bits per heavy atom. The molecule has 0 saturated heterocycles. The van der Waals surface area contributed by atoms with Crippen LogP contribution in [0.2, 0.25) is 0 Å². The zero-order valence-electron chi connectivity index (χ0n) is 30.0. The maximum Gasteiger partial charge on any atom is 0.231 e. The summed E-state index contributed by atoms with van der Waals surface area (Å²) in [6.07, 6.45) is 8.54. The number of ether oxygens (including phenoxy) is 2. The SMILES string of the molecule is C(#Cc1ccc(/C=C/c2cc3ccccc3c3c2OCOc2c(/C=C/c4ccc(C#Cc5ccccc5)cc4)cc4ccccc4c2-3)cc1)c1ccccc1. The minimum Gasteiger partial charge on any atom is -0.456 e. The summed E-state index contributed by atoms with van der Waals surface area (Å²) in [5, 5.41) is 4.48. The molecule has 1 aliphatic rings. The van der Waals surface area contributed by atoms with Crippen LogP contribution in [0.25, 0.3) is 57.0 Å². The summed E-state index contributed by atoms with van der Waals surface area (Å²) in [6, 6.07) is 58.2. The number of hydrogen-bond acceptors (Lipinski definition) is 2. The zero-order valence-corrected chi connectivity index (χ0v) is 30.0. The largest absolute Gasteiger partial charge is 0.456 e. The summed E-state index contributed by atoms with van der Waals surface area (Å²) in [5.41, 5.74) is 10.1. The van der Waals surface area contributed by atoms with Gasteiger partial charge in [-0.2, -0.15) is 0 Å². The Kier molecular flexibility index (Phi) is 9.22. The van der Waals surface area contributed by atoms with Crippen LogP contribution in [-0.2, 0) is 0 Å². The molecule has 2 nitrogen and oxygen atoms in total. The topological polar surface area (TPSA) is 18.5 Å². The van der Waals surface area contributed by atoms with Gasteiger partial charge in [0.1, 0.15) is 11.5 Å². The van der Waals surface area contributed by atoms with Crippen molar-refractivity contribution in [3.8, 4) is 46.3 Å². The van der Waals surface area contributed by atoms with Crippen LogP contribution in [0.15, 0.2) is 170 Å². The number of hydrogen-bond donors (Lipinski definition) is 0. The van der Waals surface area contributed by atoms with Gasteiger partial charge >= 0.3 is 0 Å². The average Bonchev–Trinajstić information content (AvgIpc) is 3.46. The highest BCUT2D eigenvalue weighted by Gasteiger charge is 2.26. The first-order valence-corrected chi connectivity index (χ1v) is 18.3. The minimum atomic E-state index is 0.0852. The minimum absolute atomic E-state index is 0.0852. The second kappa shape index (κ2) is 15.2. The molecular formula is C53H34O2. The molecule has 1 heterocycles. The summed E-state index contributed by atoms with van der Waals surface area (Å²) in [6.45, 7) is 0.0852. The van der Waals surface area contributed by atoms with Gasteiger partial charge in [0.05, 0.1) is 0 Å². The van der Waals surface area contributed by atoms with Gasteiger partial charge in [-0.15, -0.1) is 0 Å². The highest BCUT2D eigenvalue weighted by Crippen LogP contribution is 2.50. The van der Waals surface area contributed by atoms with E-state index in [-0.39, 0.29) is 6.79 Å². The van der Waals surface area contributed by atoms with Gasteiger partial charge in [-0.05, 0) is 93.3 Å². The maximum atomic E-state index is 6.56. The quantitative estimate of drug-likeness (QED) is 0.134. The molecule has 0 fully saturated rings. The Bertz CT molecular complexity index is 2660. The summed E-state index contributed by atoms with van der Waals surface area (Å²) in [7, 11) is 0. The van der Waals surface area contributed by atoms with Crippen molar-refractivity contribution in [2.45, 2.75) is 0 Å². The lowest BCUT2D eigenvalue weighted by molar-refractivity contribution is 0.124. The van der Waals surface area contributed by atoms with E-state index in [0.717, 1.165) is 88.7 Å². The molecule has 1 aliphatic heterocycles.